The van der Waals surface area contributed by atoms with E-state index in [0.717, 1.165) is 0 Å². The Morgan fingerprint density at radius 2 is 1.86 bits per heavy atom. The standard InChI is InChI=1S/C23H27FN2O3/c1-15-8-4-5-9-16(15)12-13-25-22(27)18-14-20(23(28)29-3)26(2)21(18)17-10-6-7-11-19(17)24/h4-11,18,20-21H,12-14H2,1-3H3,(H,25,27)/t18-,20-,21-/m0/s1. The van der Waals surface area contributed by atoms with Crippen molar-refractivity contribution >= 4 is 11.9 Å². The van der Waals surface area contributed by atoms with E-state index in [4.69, 9.17) is 4.74 Å². The van der Waals surface area contributed by atoms with Crippen molar-refractivity contribution < 1.29 is 18.7 Å². The third kappa shape index (κ3) is 4.48. The van der Waals surface area contributed by atoms with Crippen LogP contribution in [0.25, 0.3) is 0 Å². The van der Waals surface area contributed by atoms with Crippen LogP contribution in [0.1, 0.15) is 29.2 Å². The highest BCUT2D eigenvalue weighted by Crippen LogP contribution is 2.41. The van der Waals surface area contributed by atoms with Crippen LogP contribution in [0.15, 0.2) is 48.5 Å². The highest BCUT2D eigenvalue weighted by molar-refractivity contribution is 5.83. The third-order valence-electron chi connectivity index (χ3n) is 5.78. The number of nitrogens with zero attached hydrogens (tertiary/aromatic N) is 1. The number of likely N-dealkylation sites (tertiary alicyclic amines) is 1. The molecule has 0 saturated carbocycles. The van der Waals surface area contributed by atoms with E-state index in [-0.39, 0.29) is 11.7 Å². The van der Waals surface area contributed by atoms with E-state index in [9.17, 15) is 14.0 Å². The van der Waals surface area contributed by atoms with Gasteiger partial charge in [0.15, 0.2) is 0 Å². The number of rotatable bonds is 6. The predicted octanol–water partition coefficient (Wildman–Crippen LogP) is 3.03. The van der Waals surface area contributed by atoms with Crippen molar-refractivity contribution in [1.82, 2.24) is 10.2 Å². The minimum Gasteiger partial charge on any atom is -0.468 e. The monoisotopic (exact) mass is 398 g/mol. The van der Waals surface area contributed by atoms with Crippen LogP contribution in [0.2, 0.25) is 0 Å². The molecule has 1 fully saturated rings. The zero-order chi connectivity index (χ0) is 21.0. The normalized spacial score (nSPS) is 21.7. The lowest BCUT2D eigenvalue weighted by atomic mass is 9.92. The largest absolute Gasteiger partial charge is 0.468 e. The number of likely N-dealkylation sites (N-methyl/N-ethyl adjacent to an activating group) is 1. The fraction of sp³-hybridized carbons (Fsp3) is 0.391. The summed E-state index contributed by atoms with van der Waals surface area (Å²) in [4.78, 5) is 27.0. The molecule has 1 aliphatic rings. The smallest absolute Gasteiger partial charge is 0.323 e. The molecule has 5 nitrogen and oxygen atoms in total. The Hall–Kier alpha value is -2.73. The molecule has 1 heterocycles. The summed E-state index contributed by atoms with van der Waals surface area (Å²) in [5.74, 6) is -1.51. The molecule has 0 spiro atoms. The second kappa shape index (κ2) is 9.18. The first-order valence-electron chi connectivity index (χ1n) is 9.80. The van der Waals surface area contributed by atoms with Crippen molar-refractivity contribution in [3.8, 4) is 0 Å². The molecule has 6 heteroatoms. The van der Waals surface area contributed by atoms with Crippen LogP contribution >= 0.6 is 0 Å². The number of benzene rings is 2. The number of hydrogen-bond acceptors (Lipinski definition) is 4. The van der Waals surface area contributed by atoms with Gasteiger partial charge in [0.05, 0.1) is 13.0 Å². The van der Waals surface area contributed by atoms with Crippen LogP contribution in [0.3, 0.4) is 0 Å². The molecule has 1 saturated heterocycles. The molecule has 154 valence electrons. The number of carbonyl (C=O) groups is 2. The van der Waals surface area contributed by atoms with Gasteiger partial charge in [-0.2, -0.15) is 0 Å². The molecular weight excluding hydrogens is 371 g/mol. The van der Waals surface area contributed by atoms with Gasteiger partial charge in [-0.15, -0.1) is 0 Å². The number of carbonyl (C=O) groups excluding carboxylic acids is 2. The van der Waals surface area contributed by atoms with Gasteiger partial charge < -0.3 is 10.1 Å². The molecule has 0 aliphatic carbocycles. The van der Waals surface area contributed by atoms with Gasteiger partial charge in [-0.05, 0) is 44.0 Å². The van der Waals surface area contributed by atoms with Crippen molar-refractivity contribution in [3.63, 3.8) is 0 Å². The molecule has 3 atom stereocenters. The van der Waals surface area contributed by atoms with Crippen LogP contribution in [0.4, 0.5) is 4.39 Å². The first-order valence-corrected chi connectivity index (χ1v) is 9.80. The molecule has 1 amide bonds. The minimum atomic E-state index is -0.586. The highest BCUT2D eigenvalue weighted by atomic mass is 19.1. The van der Waals surface area contributed by atoms with E-state index in [1.165, 1.54) is 24.3 Å². The average molecular weight is 398 g/mol. The van der Waals surface area contributed by atoms with Gasteiger partial charge in [-0.3, -0.25) is 14.5 Å². The van der Waals surface area contributed by atoms with Gasteiger partial charge >= 0.3 is 5.97 Å². The van der Waals surface area contributed by atoms with E-state index in [1.54, 1.807) is 30.1 Å². The topological polar surface area (TPSA) is 58.6 Å². The van der Waals surface area contributed by atoms with E-state index >= 15 is 0 Å². The van der Waals surface area contributed by atoms with Crippen LogP contribution in [-0.4, -0.2) is 43.5 Å². The molecule has 0 bridgehead atoms. The van der Waals surface area contributed by atoms with Gasteiger partial charge in [0.2, 0.25) is 5.91 Å². The molecule has 0 unspecified atom stereocenters. The lowest BCUT2D eigenvalue weighted by Gasteiger charge is -2.27. The predicted molar refractivity (Wildman–Crippen MR) is 109 cm³/mol. The quantitative estimate of drug-likeness (QED) is 0.760. The van der Waals surface area contributed by atoms with Crippen LogP contribution in [0, 0.1) is 18.7 Å². The third-order valence-corrected chi connectivity index (χ3v) is 5.78. The van der Waals surface area contributed by atoms with Crippen molar-refractivity contribution in [2.45, 2.75) is 31.8 Å². The molecule has 1 N–H and O–H groups in total. The number of amides is 1. The Morgan fingerprint density at radius 3 is 2.55 bits per heavy atom. The Labute approximate surface area is 170 Å². The van der Waals surface area contributed by atoms with Crippen LogP contribution in [0.5, 0.6) is 0 Å². The molecule has 29 heavy (non-hydrogen) atoms. The summed E-state index contributed by atoms with van der Waals surface area (Å²) in [5.41, 5.74) is 2.77. The average Bonchev–Trinajstić information content (AvgIpc) is 3.06. The van der Waals surface area contributed by atoms with E-state index < -0.39 is 24.0 Å². The van der Waals surface area contributed by atoms with Crippen molar-refractivity contribution in [3.05, 3.63) is 71.0 Å². The molecule has 2 aromatic carbocycles. The first kappa shape index (κ1) is 21.0. The summed E-state index contributed by atoms with van der Waals surface area (Å²) in [5, 5.41) is 2.98. The minimum absolute atomic E-state index is 0.176. The molecule has 2 aromatic rings. The molecule has 1 aliphatic heterocycles. The van der Waals surface area contributed by atoms with E-state index in [1.807, 2.05) is 31.2 Å². The lowest BCUT2D eigenvalue weighted by Crippen LogP contribution is -2.37. The SMILES string of the molecule is COC(=O)[C@@H]1C[C@H](C(=O)NCCc2ccccc2C)[C@H](c2ccccc2F)N1C. The molecule has 0 radical (unpaired) electrons. The maximum atomic E-state index is 14.5. The van der Waals surface area contributed by atoms with Crippen molar-refractivity contribution in [2.24, 2.45) is 5.92 Å². The van der Waals surface area contributed by atoms with Crippen molar-refractivity contribution in [1.29, 1.82) is 0 Å². The van der Waals surface area contributed by atoms with E-state index in [2.05, 4.69) is 5.32 Å². The maximum absolute atomic E-state index is 14.5. The van der Waals surface area contributed by atoms with Gasteiger partial charge in [0, 0.05) is 18.2 Å². The Morgan fingerprint density at radius 1 is 1.17 bits per heavy atom. The summed E-state index contributed by atoms with van der Waals surface area (Å²) in [6, 6.07) is 13.3. The summed E-state index contributed by atoms with van der Waals surface area (Å²) in [7, 11) is 3.06. The van der Waals surface area contributed by atoms with Crippen LogP contribution in [-0.2, 0) is 20.7 Å². The first-order chi connectivity index (χ1) is 13.9. The zero-order valence-electron chi connectivity index (χ0n) is 17.0. The Bertz CT molecular complexity index is 886. The van der Waals surface area contributed by atoms with Gasteiger partial charge in [-0.25, -0.2) is 4.39 Å². The highest BCUT2D eigenvalue weighted by Gasteiger charge is 2.47. The molecular formula is C23H27FN2O3. The number of hydrogen-bond donors (Lipinski definition) is 1. The number of nitrogens with one attached hydrogen (secondary N) is 1. The second-order valence-corrected chi connectivity index (χ2v) is 7.48. The van der Waals surface area contributed by atoms with Gasteiger partial charge in [-0.1, -0.05) is 42.5 Å². The van der Waals surface area contributed by atoms with E-state index in [0.29, 0.717) is 24.9 Å². The molecule has 0 aromatic heterocycles. The van der Waals surface area contributed by atoms with Gasteiger partial charge in [0.25, 0.3) is 0 Å². The Balaban J connectivity index is 1.76. The number of halogens is 1. The second-order valence-electron chi connectivity index (χ2n) is 7.48. The summed E-state index contributed by atoms with van der Waals surface area (Å²) in [6.45, 7) is 2.52. The fourth-order valence-electron chi connectivity index (χ4n) is 4.16. The van der Waals surface area contributed by atoms with Crippen molar-refractivity contribution in [2.75, 3.05) is 20.7 Å². The van der Waals surface area contributed by atoms with Crippen LogP contribution < -0.4 is 5.32 Å². The summed E-state index contributed by atoms with van der Waals surface area (Å²) >= 11 is 0. The summed E-state index contributed by atoms with van der Waals surface area (Å²) in [6.07, 6.45) is 1.00. The number of methoxy groups -OCH3 is 1. The fourth-order valence-corrected chi connectivity index (χ4v) is 4.16. The zero-order valence-corrected chi connectivity index (χ0v) is 17.0. The number of ether oxygens (including phenoxy) is 1. The number of esters is 1. The lowest BCUT2D eigenvalue weighted by molar-refractivity contribution is -0.145. The maximum Gasteiger partial charge on any atom is 0.323 e. The molecule has 3 rings (SSSR count). The summed E-state index contributed by atoms with van der Waals surface area (Å²) < 4.78 is 19.4. The Kier molecular flexibility index (Phi) is 6.64. The number of aryl methyl sites for hydroxylation is 1. The van der Waals surface area contributed by atoms with Gasteiger partial charge in [0.1, 0.15) is 11.9 Å².